The molecule has 0 atom stereocenters. The van der Waals surface area contributed by atoms with Crippen LogP contribution in [0.5, 0.6) is 0 Å². The number of hydrogen-bond acceptors (Lipinski definition) is 6. The van der Waals surface area contributed by atoms with Crippen molar-refractivity contribution in [3.63, 3.8) is 0 Å². The Labute approximate surface area is 118 Å². The highest BCUT2D eigenvalue weighted by molar-refractivity contribution is 5.49. The lowest BCUT2D eigenvalue weighted by Gasteiger charge is -2.13. The van der Waals surface area contributed by atoms with Crippen LogP contribution >= 0.6 is 0 Å². The van der Waals surface area contributed by atoms with Crippen LogP contribution in [-0.4, -0.2) is 21.7 Å². The number of rotatable bonds is 6. The number of halogens is 3. The van der Waals surface area contributed by atoms with E-state index in [4.69, 9.17) is 0 Å². The van der Waals surface area contributed by atoms with E-state index in [9.17, 15) is 13.2 Å². The molecular weight excluding hydrogens is 287 g/mol. The largest absolute Gasteiger partial charge is 0.416 e. The topological polar surface area (TPSA) is 75.9 Å². The third kappa shape index (κ3) is 4.33. The standard InChI is InChI=1S/C12H14F3N5O/c1-2-3-16-9-4-8(12(13,14)15)5-10(19-9)17-6-11-18-7-21-20-11/h4-5,7H,2-3,6H2,1H3,(H2,16,17,19). The van der Waals surface area contributed by atoms with Crippen LogP contribution in [0.3, 0.4) is 0 Å². The third-order valence-electron chi connectivity index (χ3n) is 2.54. The fourth-order valence-electron chi connectivity index (χ4n) is 1.57. The third-order valence-corrected chi connectivity index (χ3v) is 2.54. The van der Waals surface area contributed by atoms with Crippen molar-refractivity contribution in [2.75, 3.05) is 17.2 Å². The average molecular weight is 301 g/mol. The highest BCUT2D eigenvalue weighted by atomic mass is 19.4. The SMILES string of the molecule is CCCNc1cc(C(F)(F)F)cc(NCc2ncon2)n1. The Hall–Kier alpha value is -2.32. The lowest BCUT2D eigenvalue weighted by molar-refractivity contribution is -0.137. The van der Waals surface area contributed by atoms with E-state index < -0.39 is 11.7 Å². The number of alkyl halides is 3. The lowest BCUT2D eigenvalue weighted by Crippen LogP contribution is -2.11. The Kier molecular flexibility index (Phi) is 4.61. The van der Waals surface area contributed by atoms with Crippen LogP contribution in [0.15, 0.2) is 23.0 Å². The molecule has 2 heterocycles. The fraction of sp³-hybridized carbons (Fsp3) is 0.417. The summed E-state index contributed by atoms with van der Waals surface area (Å²) in [4.78, 5) is 7.84. The van der Waals surface area contributed by atoms with E-state index in [0.29, 0.717) is 12.4 Å². The van der Waals surface area contributed by atoms with Crippen LogP contribution in [0, 0.1) is 0 Å². The first kappa shape index (κ1) is 15.1. The van der Waals surface area contributed by atoms with Gasteiger partial charge >= 0.3 is 6.18 Å². The van der Waals surface area contributed by atoms with Crippen LogP contribution in [0.4, 0.5) is 24.8 Å². The van der Waals surface area contributed by atoms with Crippen molar-refractivity contribution < 1.29 is 17.7 Å². The van der Waals surface area contributed by atoms with Crippen LogP contribution in [0.2, 0.25) is 0 Å². The molecule has 0 aliphatic carbocycles. The molecule has 0 aliphatic rings. The predicted molar refractivity (Wildman–Crippen MR) is 69.6 cm³/mol. The molecule has 2 N–H and O–H groups in total. The zero-order valence-electron chi connectivity index (χ0n) is 11.2. The smallest absolute Gasteiger partial charge is 0.370 e. The van der Waals surface area contributed by atoms with E-state index in [0.717, 1.165) is 24.9 Å². The molecule has 0 aromatic carbocycles. The van der Waals surface area contributed by atoms with Gasteiger partial charge < -0.3 is 15.2 Å². The van der Waals surface area contributed by atoms with Gasteiger partial charge in [0.25, 0.3) is 0 Å². The fourth-order valence-corrected chi connectivity index (χ4v) is 1.57. The number of aromatic nitrogens is 3. The summed E-state index contributed by atoms with van der Waals surface area (Å²) in [6.45, 7) is 2.58. The lowest BCUT2D eigenvalue weighted by atomic mass is 10.2. The van der Waals surface area contributed by atoms with E-state index in [1.54, 1.807) is 0 Å². The van der Waals surface area contributed by atoms with Gasteiger partial charge in [-0.1, -0.05) is 12.1 Å². The molecule has 0 bridgehead atoms. The van der Waals surface area contributed by atoms with Gasteiger partial charge in [0, 0.05) is 6.54 Å². The summed E-state index contributed by atoms with van der Waals surface area (Å²) in [6.07, 6.45) is -2.51. The molecule has 2 aromatic rings. The highest BCUT2D eigenvalue weighted by Crippen LogP contribution is 2.32. The van der Waals surface area contributed by atoms with E-state index in [2.05, 4.69) is 30.3 Å². The average Bonchev–Trinajstić information content (AvgIpc) is 2.95. The molecule has 0 radical (unpaired) electrons. The van der Waals surface area contributed by atoms with Crippen LogP contribution in [0.1, 0.15) is 24.7 Å². The van der Waals surface area contributed by atoms with E-state index in [-0.39, 0.29) is 18.2 Å². The Morgan fingerprint density at radius 2 is 1.90 bits per heavy atom. The molecule has 2 rings (SSSR count). The zero-order valence-corrected chi connectivity index (χ0v) is 11.2. The molecule has 0 saturated carbocycles. The molecule has 0 fully saturated rings. The predicted octanol–water partition coefficient (Wildman–Crippen LogP) is 2.92. The summed E-state index contributed by atoms with van der Waals surface area (Å²) >= 11 is 0. The van der Waals surface area contributed by atoms with Gasteiger partial charge in [0.1, 0.15) is 11.6 Å². The molecule has 0 aliphatic heterocycles. The van der Waals surface area contributed by atoms with Gasteiger partial charge in [-0.2, -0.15) is 18.2 Å². The van der Waals surface area contributed by atoms with Gasteiger partial charge in [0.05, 0.1) is 12.1 Å². The van der Waals surface area contributed by atoms with E-state index in [1.165, 1.54) is 0 Å². The molecule has 0 amide bonds. The molecule has 0 spiro atoms. The van der Waals surface area contributed by atoms with E-state index >= 15 is 0 Å². The quantitative estimate of drug-likeness (QED) is 0.854. The molecule has 0 unspecified atom stereocenters. The molecule has 9 heteroatoms. The molecule has 2 aromatic heterocycles. The van der Waals surface area contributed by atoms with Crippen molar-refractivity contribution in [1.29, 1.82) is 0 Å². The van der Waals surface area contributed by atoms with Crippen molar-refractivity contribution in [3.8, 4) is 0 Å². The molecular formula is C12H14F3N5O. The Morgan fingerprint density at radius 1 is 1.19 bits per heavy atom. The minimum atomic E-state index is -4.44. The first-order chi connectivity index (χ1) is 9.99. The van der Waals surface area contributed by atoms with Gasteiger partial charge in [-0.25, -0.2) is 4.98 Å². The maximum absolute atomic E-state index is 12.9. The van der Waals surface area contributed by atoms with Gasteiger partial charge in [-0.15, -0.1) is 0 Å². The maximum Gasteiger partial charge on any atom is 0.416 e. The van der Waals surface area contributed by atoms with Gasteiger partial charge in [-0.3, -0.25) is 0 Å². The van der Waals surface area contributed by atoms with Crippen LogP contribution in [-0.2, 0) is 12.7 Å². The van der Waals surface area contributed by atoms with Gasteiger partial charge in [-0.05, 0) is 18.6 Å². The second kappa shape index (κ2) is 6.42. The highest BCUT2D eigenvalue weighted by Gasteiger charge is 2.31. The summed E-state index contributed by atoms with van der Waals surface area (Å²) in [7, 11) is 0. The Balaban J connectivity index is 2.17. The number of anilines is 2. The number of nitrogens with zero attached hydrogens (tertiary/aromatic N) is 3. The van der Waals surface area contributed by atoms with Gasteiger partial charge in [0.2, 0.25) is 6.39 Å². The summed E-state index contributed by atoms with van der Waals surface area (Å²) in [5, 5.41) is 9.14. The van der Waals surface area contributed by atoms with Crippen molar-refractivity contribution in [2.24, 2.45) is 0 Å². The maximum atomic E-state index is 12.9. The van der Waals surface area contributed by atoms with Crippen LogP contribution < -0.4 is 10.6 Å². The summed E-state index contributed by atoms with van der Waals surface area (Å²) in [6, 6.07) is 1.92. The van der Waals surface area contributed by atoms with Crippen molar-refractivity contribution in [2.45, 2.75) is 26.1 Å². The molecule has 6 nitrogen and oxygen atoms in total. The minimum Gasteiger partial charge on any atom is -0.370 e. The monoisotopic (exact) mass is 301 g/mol. The number of nitrogens with one attached hydrogen (secondary N) is 2. The Bertz CT molecular complexity index is 571. The first-order valence-electron chi connectivity index (χ1n) is 6.31. The normalized spacial score (nSPS) is 11.4. The first-order valence-corrected chi connectivity index (χ1v) is 6.31. The molecule has 114 valence electrons. The van der Waals surface area contributed by atoms with E-state index in [1.807, 2.05) is 6.92 Å². The second-order valence-electron chi connectivity index (χ2n) is 4.25. The van der Waals surface area contributed by atoms with Crippen molar-refractivity contribution in [1.82, 2.24) is 15.1 Å². The number of hydrogen-bond donors (Lipinski definition) is 2. The van der Waals surface area contributed by atoms with Crippen molar-refractivity contribution in [3.05, 3.63) is 29.9 Å². The summed E-state index contributed by atoms with van der Waals surface area (Å²) in [5.41, 5.74) is -0.772. The molecule has 21 heavy (non-hydrogen) atoms. The summed E-state index contributed by atoms with van der Waals surface area (Å²) < 4.78 is 43.1. The minimum absolute atomic E-state index is 0.0910. The van der Waals surface area contributed by atoms with Gasteiger partial charge in [0.15, 0.2) is 5.82 Å². The number of pyridine rings is 1. The summed E-state index contributed by atoms with van der Waals surface area (Å²) in [5.74, 6) is 0.591. The Morgan fingerprint density at radius 3 is 2.48 bits per heavy atom. The van der Waals surface area contributed by atoms with Crippen LogP contribution in [0.25, 0.3) is 0 Å². The van der Waals surface area contributed by atoms with Crippen molar-refractivity contribution >= 4 is 11.6 Å². The second-order valence-corrected chi connectivity index (χ2v) is 4.25. The zero-order chi connectivity index (χ0) is 15.3. The molecule has 0 saturated heterocycles.